The Kier molecular flexibility index (Phi) is 5.55. The smallest absolute Gasteiger partial charge is 0.478 e. The van der Waals surface area contributed by atoms with Crippen LogP contribution in [0.4, 0.5) is 19.0 Å². The first-order valence-corrected chi connectivity index (χ1v) is 10.2. The molecule has 3 heterocycles. The van der Waals surface area contributed by atoms with Crippen LogP contribution in [0.1, 0.15) is 29.2 Å². The highest BCUT2D eigenvalue weighted by molar-refractivity contribution is 7.14. The van der Waals surface area contributed by atoms with Crippen LogP contribution < -0.4 is 14.8 Å². The molecule has 12 heteroatoms. The van der Waals surface area contributed by atoms with Crippen LogP contribution in [0, 0.1) is 12.1 Å². The molecule has 0 amide bonds. The van der Waals surface area contributed by atoms with Gasteiger partial charge in [0.15, 0.2) is 6.20 Å². The van der Waals surface area contributed by atoms with Gasteiger partial charge in [-0.3, -0.25) is 0 Å². The van der Waals surface area contributed by atoms with Crippen LogP contribution in [0.25, 0.3) is 21.5 Å². The molecule has 1 atom stereocenters. The third-order valence-corrected chi connectivity index (χ3v) is 5.67. The summed E-state index contributed by atoms with van der Waals surface area (Å²) in [5.74, 6) is 0.941. The molecule has 1 aromatic carbocycles. The highest BCUT2D eigenvalue weighted by Crippen LogP contribution is 2.36. The van der Waals surface area contributed by atoms with Crippen molar-refractivity contribution in [2.24, 2.45) is 0 Å². The van der Waals surface area contributed by atoms with Gasteiger partial charge in [0, 0.05) is 22.6 Å². The summed E-state index contributed by atoms with van der Waals surface area (Å²) < 4.78 is 44.0. The Morgan fingerprint density at radius 1 is 1.19 bits per heavy atom. The third kappa shape index (κ3) is 4.13. The Bertz CT molecular complexity index is 1290. The van der Waals surface area contributed by atoms with Crippen LogP contribution in [0.15, 0.2) is 36.8 Å². The second-order valence-electron chi connectivity index (χ2n) is 6.96. The van der Waals surface area contributed by atoms with Crippen LogP contribution in [0.3, 0.4) is 0 Å². The van der Waals surface area contributed by atoms with Gasteiger partial charge in [0.25, 0.3) is 5.69 Å². The lowest BCUT2D eigenvalue weighted by Gasteiger charge is -2.17. The van der Waals surface area contributed by atoms with Crippen molar-refractivity contribution in [3.63, 3.8) is 0 Å². The number of aryl methyl sites for hydroxylation is 1. The second-order valence-corrected chi connectivity index (χ2v) is 8.14. The summed E-state index contributed by atoms with van der Waals surface area (Å²) in [4.78, 5) is 8.59. The molecule has 32 heavy (non-hydrogen) atoms. The highest BCUT2D eigenvalue weighted by Gasteiger charge is 2.39. The summed E-state index contributed by atoms with van der Waals surface area (Å²) in [5, 5.41) is 25.3. The monoisotopic (exact) mass is 462 g/mol. The van der Waals surface area contributed by atoms with E-state index in [0.29, 0.717) is 33.0 Å². The largest absolute Gasteiger partial charge is 0.618 e. The van der Waals surface area contributed by atoms with E-state index in [2.05, 4.69) is 25.5 Å². The van der Waals surface area contributed by atoms with E-state index in [1.807, 2.05) is 13.0 Å². The zero-order chi connectivity index (χ0) is 23.0. The lowest BCUT2D eigenvalue weighted by Crippen LogP contribution is -2.37. The molecule has 0 bridgehead atoms. The normalized spacial score (nSPS) is 12.7. The fourth-order valence-corrected chi connectivity index (χ4v) is 3.88. The summed E-state index contributed by atoms with van der Waals surface area (Å²) in [6.45, 7) is 3.56. The maximum absolute atomic E-state index is 12.9. The molecular formula is C20H17F3N6O2S. The van der Waals surface area contributed by atoms with E-state index in [9.17, 15) is 18.4 Å². The molecule has 3 aromatic heterocycles. The highest BCUT2D eigenvalue weighted by atomic mass is 32.1. The molecule has 0 aliphatic carbocycles. The number of nitrogens with zero attached hydrogens (tertiary/aromatic N) is 5. The lowest BCUT2D eigenvalue weighted by molar-refractivity contribution is -0.629. The molecule has 1 N–H and O–H groups in total. The van der Waals surface area contributed by atoms with Gasteiger partial charge in [-0.1, -0.05) is 11.3 Å². The fourth-order valence-electron chi connectivity index (χ4n) is 3.20. The molecule has 0 fully saturated rings. The Morgan fingerprint density at radius 3 is 2.59 bits per heavy atom. The number of anilines is 1. The van der Waals surface area contributed by atoms with E-state index in [4.69, 9.17) is 4.74 Å². The summed E-state index contributed by atoms with van der Waals surface area (Å²) >= 11 is 1.42. The number of ether oxygens (including phenoxy) is 1. The first-order chi connectivity index (χ1) is 15.2. The van der Waals surface area contributed by atoms with Gasteiger partial charge < -0.3 is 15.3 Å². The lowest BCUT2D eigenvalue weighted by atomic mass is 10.1. The van der Waals surface area contributed by atoms with E-state index in [-0.39, 0.29) is 4.73 Å². The molecule has 8 nitrogen and oxygen atoms in total. The predicted molar refractivity (Wildman–Crippen MR) is 112 cm³/mol. The molecule has 0 saturated heterocycles. The zero-order valence-corrected chi connectivity index (χ0v) is 18.0. The molecule has 4 aromatic rings. The van der Waals surface area contributed by atoms with E-state index in [1.165, 1.54) is 30.8 Å². The van der Waals surface area contributed by atoms with Crippen LogP contribution in [0.5, 0.6) is 5.75 Å². The van der Waals surface area contributed by atoms with Crippen molar-refractivity contribution in [3.05, 3.63) is 58.3 Å². The van der Waals surface area contributed by atoms with Crippen molar-refractivity contribution in [3.8, 4) is 16.3 Å². The number of methoxy groups -OCH3 is 1. The van der Waals surface area contributed by atoms with Crippen LogP contribution in [-0.2, 0) is 6.18 Å². The number of nitrogens with one attached hydrogen (secondary N) is 1. The average molecular weight is 462 g/mol. The molecule has 0 spiro atoms. The molecule has 0 saturated carbocycles. The molecule has 0 unspecified atom stereocenters. The first kappa shape index (κ1) is 21.7. The van der Waals surface area contributed by atoms with Gasteiger partial charge in [-0.05, 0) is 32.0 Å². The Hall–Kier alpha value is -3.54. The minimum absolute atomic E-state index is 0.176. The average Bonchev–Trinajstić information content (AvgIpc) is 3.18. The minimum Gasteiger partial charge on any atom is -0.618 e. The number of aromatic nitrogens is 5. The zero-order valence-electron chi connectivity index (χ0n) is 17.1. The van der Waals surface area contributed by atoms with Gasteiger partial charge in [-0.2, -0.15) is 17.9 Å². The maximum Gasteiger partial charge on any atom is 0.478 e. The molecule has 0 radical (unpaired) electrons. The standard InChI is InChI=1S/C20H17F3N6O2S/c1-10(12-4-5-16(20(21,22)23)29(30)8-12)26-18-14-6-13(19-28-27-11(2)32-19)7-15(31-3)17(14)24-9-25-18/h4-10H,1-3H3,(H,24,25,26)/t10-/m1/s1. The second kappa shape index (κ2) is 8.19. The van der Waals surface area contributed by atoms with E-state index < -0.39 is 17.9 Å². The van der Waals surface area contributed by atoms with Crippen molar-refractivity contribution < 1.29 is 22.6 Å². The van der Waals surface area contributed by atoms with Crippen molar-refractivity contribution in [2.75, 3.05) is 12.4 Å². The minimum atomic E-state index is -4.73. The van der Waals surface area contributed by atoms with Crippen molar-refractivity contribution in [1.29, 1.82) is 0 Å². The SMILES string of the molecule is COc1cc(-c2nnc(C)s2)cc2c(N[C@H](C)c3ccc(C(F)(F)F)[n+]([O-])c3)ncnc12. The van der Waals surface area contributed by atoms with Crippen molar-refractivity contribution >= 4 is 28.1 Å². The van der Waals surface area contributed by atoms with E-state index in [0.717, 1.165) is 22.8 Å². The number of pyridine rings is 1. The number of hydrogen-bond acceptors (Lipinski definition) is 8. The van der Waals surface area contributed by atoms with Gasteiger partial charge in [0.2, 0.25) is 0 Å². The predicted octanol–water partition coefficient (Wildman–Crippen LogP) is 4.29. The Labute approximate surface area is 184 Å². The number of alkyl halides is 3. The van der Waals surface area contributed by atoms with Crippen LogP contribution in [0.2, 0.25) is 0 Å². The summed E-state index contributed by atoms with van der Waals surface area (Å²) in [5.41, 5.74) is 0.399. The summed E-state index contributed by atoms with van der Waals surface area (Å²) in [7, 11) is 1.52. The van der Waals surface area contributed by atoms with Crippen molar-refractivity contribution in [1.82, 2.24) is 20.2 Å². The molecular weight excluding hydrogens is 445 g/mol. The number of hydrogen-bond donors (Lipinski definition) is 1. The molecule has 0 aliphatic rings. The van der Waals surface area contributed by atoms with Crippen molar-refractivity contribution in [2.45, 2.75) is 26.1 Å². The maximum atomic E-state index is 12.9. The molecule has 0 aliphatic heterocycles. The van der Waals surface area contributed by atoms with Gasteiger partial charge >= 0.3 is 6.18 Å². The Balaban J connectivity index is 1.73. The molecule has 166 valence electrons. The fraction of sp³-hybridized carbons (Fsp3) is 0.250. The van der Waals surface area contributed by atoms with Gasteiger partial charge in [0.05, 0.1) is 13.2 Å². The number of rotatable bonds is 5. The first-order valence-electron chi connectivity index (χ1n) is 9.37. The number of benzene rings is 1. The summed E-state index contributed by atoms with van der Waals surface area (Å²) in [6, 6.07) is 5.15. The summed E-state index contributed by atoms with van der Waals surface area (Å²) in [6.07, 6.45) is -2.47. The van der Waals surface area contributed by atoms with Gasteiger partial charge in [-0.25, -0.2) is 9.97 Å². The van der Waals surface area contributed by atoms with E-state index >= 15 is 0 Å². The molecule has 4 rings (SSSR count). The quantitative estimate of drug-likeness (QED) is 0.349. The van der Waals surface area contributed by atoms with Gasteiger partial charge in [-0.15, -0.1) is 10.2 Å². The number of halogens is 3. The van der Waals surface area contributed by atoms with E-state index in [1.54, 1.807) is 13.0 Å². The van der Waals surface area contributed by atoms with Crippen LogP contribution in [-0.4, -0.2) is 27.3 Å². The number of fused-ring (bicyclic) bond motifs is 1. The van der Waals surface area contributed by atoms with Gasteiger partial charge in [0.1, 0.15) is 33.4 Å². The topological polar surface area (TPSA) is 99.8 Å². The Morgan fingerprint density at radius 2 is 1.97 bits per heavy atom. The van der Waals surface area contributed by atoms with Crippen LogP contribution >= 0.6 is 11.3 Å². The third-order valence-electron chi connectivity index (χ3n) is 4.78.